The van der Waals surface area contributed by atoms with E-state index in [2.05, 4.69) is 0 Å². The standard InChI is InChI=1S/C38H46O11/c1-24-31(42-21-28-15-9-6-10-16-28)33(35(37(41-5)45-24)44-23-30-19-13-8-14-20-30)49-38-36(48-27(4)40)34(47-26(3)39)32(25(2)46-38)43-22-29-17-11-7-12-18-29/h6-20,24-25,31-38H,21-23H2,1-5H3/t24-,25-,31-,32-,33+,34+,35+,36+,37+,38-/m0/s1. The third kappa shape index (κ3) is 9.95. The molecule has 3 aromatic rings. The maximum Gasteiger partial charge on any atom is 0.303 e. The molecule has 0 unspecified atom stereocenters. The zero-order valence-electron chi connectivity index (χ0n) is 28.5. The summed E-state index contributed by atoms with van der Waals surface area (Å²) in [6, 6.07) is 29.0. The van der Waals surface area contributed by atoms with E-state index in [0.29, 0.717) is 0 Å². The topological polar surface area (TPSA) is 117 Å². The van der Waals surface area contributed by atoms with E-state index in [1.54, 1.807) is 6.92 Å². The van der Waals surface area contributed by atoms with Crippen LogP contribution in [0, 0.1) is 0 Å². The fraction of sp³-hybridized carbons (Fsp3) is 0.474. The zero-order valence-corrected chi connectivity index (χ0v) is 28.5. The second-order valence-electron chi connectivity index (χ2n) is 12.2. The summed E-state index contributed by atoms with van der Waals surface area (Å²) in [5.41, 5.74) is 2.81. The van der Waals surface area contributed by atoms with E-state index in [4.69, 9.17) is 42.6 Å². The van der Waals surface area contributed by atoms with E-state index < -0.39 is 73.4 Å². The molecule has 3 aromatic carbocycles. The number of hydrogen-bond donors (Lipinski definition) is 0. The Hall–Kier alpha value is -3.68. The van der Waals surface area contributed by atoms with E-state index >= 15 is 0 Å². The molecule has 0 radical (unpaired) electrons. The van der Waals surface area contributed by atoms with Gasteiger partial charge in [-0.3, -0.25) is 9.59 Å². The molecule has 0 saturated carbocycles. The molecule has 2 fully saturated rings. The SMILES string of the molecule is CO[C@@H]1O[C@@H](C)[C@H](OCc2ccccc2)[C@@H](O[C@@H]2O[C@@H](C)[C@H](OCc3ccccc3)[C@@H](OC(C)=O)[C@H]2OC(C)=O)[C@H]1OCc1ccccc1. The van der Waals surface area contributed by atoms with Crippen LogP contribution in [0.5, 0.6) is 0 Å². The molecular formula is C38H46O11. The van der Waals surface area contributed by atoms with Gasteiger partial charge in [0.15, 0.2) is 24.8 Å². The lowest BCUT2D eigenvalue weighted by Gasteiger charge is -2.49. The molecule has 49 heavy (non-hydrogen) atoms. The fourth-order valence-electron chi connectivity index (χ4n) is 6.13. The molecule has 10 atom stereocenters. The Morgan fingerprint density at radius 3 is 1.35 bits per heavy atom. The highest BCUT2D eigenvalue weighted by Crippen LogP contribution is 2.35. The lowest BCUT2D eigenvalue weighted by atomic mass is 9.96. The Morgan fingerprint density at radius 1 is 0.531 bits per heavy atom. The van der Waals surface area contributed by atoms with Gasteiger partial charge in [-0.15, -0.1) is 0 Å². The summed E-state index contributed by atoms with van der Waals surface area (Å²) in [5, 5.41) is 0. The summed E-state index contributed by atoms with van der Waals surface area (Å²) in [7, 11) is 1.53. The lowest BCUT2D eigenvalue weighted by Crippen LogP contribution is -2.65. The van der Waals surface area contributed by atoms with Crippen molar-refractivity contribution >= 4 is 11.9 Å². The second kappa shape index (κ2) is 17.8. The summed E-state index contributed by atoms with van der Waals surface area (Å²) in [6.45, 7) is 6.94. The largest absolute Gasteiger partial charge is 0.455 e. The molecule has 0 N–H and O–H groups in total. The number of methoxy groups -OCH3 is 1. The zero-order chi connectivity index (χ0) is 34.8. The molecule has 2 heterocycles. The average Bonchev–Trinajstić information content (AvgIpc) is 3.09. The number of esters is 2. The molecule has 2 saturated heterocycles. The van der Waals surface area contributed by atoms with Gasteiger partial charge >= 0.3 is 11.9 Å². The van der Waals surface area contributed by atoms with Crippen molar-refractivity contribution in [2.75, 3.05) is 7.11 Å². The highest BCUT2D eigenvalue weighted by Gasteiger charge is 2.54. The molecule has 264 valence electrons. The maximum absolute atomic E-state index is 12.5. The van der Waals surface area contributed by atoms with Crippen LogP contribution >= 0.6 is 0 Å². The van der Waals surface area contributed by atoms with Crippen molar-refractivity contribution in [1.29, 1.82) is 0 Å². The minimum absolute atomic E-state index is 0.215. The van der Waals surface area contributed by atoms with Gasteiger partial charge in [-0.25, -0.2) is 0 Å². The molecule has 11 heteroatoms. The Balaban J connectivity index is 1.46. The van der Waals surface area contributed by atoms with Crippen LogP contribution in [0.1, 0.15) is 44.4 Å². The van der Waals surface area contributed by atoms with Crippen LogP contribution in [0.2, 0.25) is 0 Å². The fourth-order valence-corrected chi connectivity index (χ4v) is 6.13. The van der Waals surface area contributed by atoms with Crippen molar-refractivity contribution in [3.8, 4) is 0 Å². The Morgan fingerprint density at radius 2 is 0.918 bits per heavy atom. The summed E-state index contributed by atoms with van der Waals surface area (Å²) < 4.78 is 56.1. The monoisotopic (exact) mass is 678 g/mol. The Kier molecular flexibility index (Phi) is 13.3. The van der Waals surface area contributed by atoms with E-state index in [-0.39, 0.29) is 19.8 Å². The van der Waals surface area contributed by atoms with Crippen LogP contribution in [0.15, 0.2) is 91.0 Å². The van der Waals surface area contributed by atoms with Crippen molar-refractivity contribution in [2.24, 2.45) is 0 Å². The molecule has 2 aliphatic heterocycles. The van der Waals surface area contributed by atoms with Crippen LogP contribution in [0.25, 0.3) is 0 Å². The lowest BCUT2D eigenvalue weighted by molar-refractivity contribution is -0.364. The second-order valence-corrected chi connectivity index (χ2v) is 12.2. The van der Waals surface area contributed by atoms with Gasteiger partial charge in [-0.05, 0) is 30.5 Å². The normalized spacial score (nSPS) is 30.0. The van der Waals surface area contributed by atoms with E-state index in [1.807, 2.05) is 97.9 Å². The van der Waals surface area contributed by atoms with Crippen molar-refractivity contribution in [3.05, 3.63) is 108 Å². The van der Waals surface area contributed by atoms with E-state index in [1.165, 1.54) is 21.0 Å². The molecule has 11 nitrogen and oxygen atoms in total. The van der Waals surface area contributed by atoms with Crippen LogP contribution in [0.3, 0.4) is 0 Å². The number of carbonyl (C=O) groups is 2. The van der Waals surface area contributed by atoms with Gasteiger partial charge in [-0.1, -0.05) is 91.0 Å². The Labute approximate surface area is 287 Å². The first kappa shape index (κ1) is 36.6. The van der Waals surface area contributed by atoms with Crippen molar-refractivity contribution in [2.45, 2.75) is 109 Å². The van der Waals surface area contributed by atoms with Gasteiger partial charge in [0.05, 0.1) is 32.0 Å². The number of rotatable bonds is 14. The summed E-state index contributed by atoms with van der Waals surface area (Å²) in [5.74, 6) is -1.19. The summed E-state index contributed by atoms with van der Waals surface area (Å²) in [6.07, 6.45) is -8.56. The van der Waals surface area contributed by atoms with Gasteiger partial charge in [-0.2, -0.15) is 0 Å². The number of hydrogen-bond acceptors (Lipinski definition) is 11. The molecule has 5 rings (SSSR count). The third-order valence-electron chi connectivity index (χ3n) is 8.44. The highest BCUT2D eigenvalue weighted by atomic mass is 16.8. The molecule has 0 spiro atoms. The van der Waals surface area contributed by atoms with Gasteiger partial charge in [0.2, 0.25) is 0 Å². The van der Waals surface area contributed by atoms with Crippen molar-refractivity contribution in [1.82, 2.24) is 0 Å². The molecule has 2 aliphatic rings. The average molecular weight is 679 g/mol. The molecule has 0 bridgehead atoms. The van der Waals surface area contributed by atoms with Crippen LogP contribution in [-0.2, 0) is 72.0 Å². The number of ether oxygens (including phenoxy) is 9. The molecule has 0 aromatic heterocycles. The first-order chi connectivity index (χ1) is 23.7. The predicted octanol–water partition coefficient (Wildman–Crippen LogP) is 5.13. The Bertz CT molecular complexity index is 1440. The summed E-state index contributed by atoms with van der Waals surface area (Å²) >= 11 is 0. The minimum atomic E-state index is -1.21. The number of carbonyl (C=O) groups excluding carboxylic acids is 2. The maximum atomic E-state index is 12.5. The van der Waals surface area contributed by atoms with Crippen molar-refractivity contribution in [3.63, 3.8) is 0 Å². The first-order valence-electron chi connectivity index (χ1n) is 16.5. The van der Waals surface area contributed by atoms with E-state index in [0.717, 1.165) is 16.7 Å². The minimum Gasteiger partial charge on any atom is -0.455 e. The molecular weight excluding hydrogens is 632 g/mol. The summed E-state index contributed by atoms with van der Waals surface area (Å²) in [4.78, 5) is 25.0. The van der Waals surface area contributed by atoms with Crippen LogP contribution in [-0.4, -0.2) is 80.5 Å². The van der Waals surface area contributed by atoms with Crippen LogP contribution < -0.4 is 0 Å². The quantitative estimate of drug-likeness (QED) is 0.211. The van der Waals surface area contributed by atoms with E-state index in [9.17, 15) is 9.59 Å². The van der Waals surface area contributed by atoms with Gasteiger partial charge in [0, 0.05) is 21.0 Å². The van der Waals surface area contributed by atoms with Crippen LogP contribution in [0.4, 0.5) is 0 Å². The first-order valence-corrected chi connectivity index (χ1v) is 16.5. The molecule has 0 aliphatic carbocycles. The third-order valence-corrected chi connectivity index (χ3v) is 8.44. The highest BCUT2D eigenvalue weighted by molar-refractivity contribution is 5.67. The molecule has 0 amide bonds. The smallest absolute Gasteiger partial charge is 0.303 e. The van der Waals surface area contributed by atoms with Crippen molar-refractivity contribution < 1.29 is 52.2 Å². The number of benzene rings is 3. The van der Waals surface area contributed by atoms with Gasteiger partial charge < -0.3 is 42.6 Å². The van der Waals surface area contributed by atoms with Gasteiger partial charge in [0.25, 0.3) is 0 Å². The van der Waals surface area contributed by atoms with Gasteiger partial charge in [0.1, 0.15) is 24.4 Å². The predicted molar refractivity (Wildman–Crippen MR) is 177 cm³/mol.